The van der Waals surface area contributed by atoms with E-state index >= 15 is 0 Å². The van der Waals surface area contributed by atoms with Crippen LogP contribution in [0.1, 0.15) is 15.9 Å². The van der Waals surface area contributed by atoms with Gasteiger partial charge >= 0.3 is 12.1 Å². The fraction of sp³-hybridized carbons (Fsp3) is 0.357. The molecule has 1 rings (SSSR count). The molecule has 21 heavy (non-hydrogen) atoms. The topological polar surface area (TPSA) is 95.9 Å². The largest absolute Gasteiger partial charge is 0.478 e. The van der Waals surface area contributed by atoms with E-state index in [4.69, 9.17) is 5.11 Å². The van der Waals surface area contributed by atoms with Gasteiger partial charge in [-0.2, -0.15) is 0 Å². The van der Waals surface area contributed by atoms with Crippen LogP contribution in [-0.2, 0) is 16.0 Å². The molecule has 1 aromatic rings. The first-order valence-electron chi connectivity index (χ1n) is 6.31. The van der Waals surface area contributed by atoms with Crippen molar-refractivity contribution in [2.75, 3.05) is 27.2 Å². The molecule has 1 aromatic carbocycles. The van der Waals surface area contributed by atoms with Crippen LogP contribution in [0.15, 0.2) is 24.3 Å². The van der Waals surface area contributed by atoms with E-state index in [0.717, 1.165) is 0 Å². The van der Waals surface area contributed by atoms with Gasteiger partial charge in [-0.25, -0.2) is 9.59 Å². The summed E-state index contributed by atoms with van der Waals surface area (Å²) >= 11 is 0. The highest BCUT2D eigenvalue weighted by Gasteiger charge is 2.12. The second-order valence-corrected chi connectivity index (χ2v) is 4.49. The summed E-state index contributed by atoms with van der Waals surface area (Å²) in [5, 5.41) is 11.1. The number of amides is 2. The van der Waals surface area contributed by atoms with Gasteiger partial charge < -0.3 is 9.84 Å². The van der Waals surface area contributed by atoms with E-state index in [2.05, 4.69) is 10.1 Å². The summed E-state index contributed by atoms with van der Waals surface area (Å²) in [6.45, 7) is 0.503. The molecule has 2 amide bonds. The number of carbonyl (C=O) groups excluding carboxylic acids is 2. The lowest BCUT2D eigenvalue weighted by Gasteiger charge is -2.16. The monoisotopic (exact) mass is 294 g/mol. The molecule has 0 spiro atoms. The Kier molecular flexibility index (Phi) is 6.35. The third-order valence-corrected chi connectivity index (χ3v) is 2.85. The van der Waals surface area contributed by atoms with Crippen molar-refractivity contribution < 1.29 is 24.2 Å². The molecule has 0 aliphatic carbocycles. The lowest BCUT2D eigenvalue weighted by atomic mass is 10.0. The second-order valence-electron chi connectivity index (χ2n) is 4.49. The van der Waals surface area contributed by atoms with Crippen LogP contribution in [0.4, 0.5) is 4.79 Å². The minimum absolute atomic E-state index is 0.0182. The van der Waals surface area contributed by atoms with E-state index in [-0.39, 0.29) is 12.1 Å². The maximum Gasteiger partial charge on any atom is 0.413 e. The van der Waals surface area contributed by atoms with Crippen LogP contribution >= 0.6 is 0 Å². The predicted octanol–water partition coefficient (Wildman–Crippen LogP) is 0.742. The summed E-state index contributed by atoms with van der Waals surface area (Å²) in [4.78, 5) is 35.1. The standard InChI is InChI=1S/C14H18N2O5/c1-16(9-12(17)15-14(20)21-2)8-7-10-5-3-4-6-11(10)13(18)19/h3-6H,7-9H2,1-2H3,(H,18,19)(H,15,17,20). The molecule has 0 unspecified atom stereocenters. The van der Waals surface area contributed by atoms with Gasteiger partial charge in [-0.1, -0.05) is 18.2 Å². The molecule has 114 valence electrons. The summed E-state index contributed by atoms with van der Waals surface area (Å²) in [5.74, 6) is -1.45. The van der Waals surface area contributed by atoms with Gasteiger partial charge in [0.25, 0.3) is 0 Å². The fourth-order valence-corrected chi connectivity index (χ4v) is 1.79. The van der Waals surface area contributed by atoms with Crippen LogP contribution in [0, 0.1) is 0 Å². The lowest BCUT2D eigenvalue weighted by molar-refractivity contribution is -0.121. The Morgan fingerprint density at radius 1 is 1.29 bits per heavy atom. The summed E-state index contributed by atoms with van der Waals surface area (Å²) in [6.07, 6.45) is -0.311. The van der Waals surface area contributed by atoms with Crippen LogP contribution in [0.3, 0.4) is 0 Å². The molecule has 0 saturated carbocycles. The number of ether oxygens (including phenoxy) is 1. The van der Waals surface area contributed by atoms with Crippen molar-refractivity contribution in [1.29, 1.82) is 0 Å². The van der Waals surface area contributed by atoms with E-state index in [1.54, 1.807) is 36.2 Å². The number of carbonyl (C=O) groups is 3. The molecule has 0 aliphatic rings. The van der Waals surface area contributed by atoms with Crippen molar-refractivity contribution in [3.05, 3.63) is 35.4 Å². The average Bonchev–Trinajstić information content (AvgIpc) is 2.44. The number of benzene rings is 1. The SMILES string of the molecule is COC(=O)NC(=O)CN(C)CCc1ccccc1C(=O)O. The highest BCUT2D eigenvalue weighted by atomic mass is 16.5. The van der Waals surface area contributed by atoms with Gasteiger partial charge in [-0.3, -0.25) is 15.0 Å². The van der Waals surface area contributed by atoms with Gasteiger partial charge in [0, 0.05) is 6.54 Å². The smallest absolute Gasteiger partial charge is 0.413 e. The van der Waals surface area contributed by atoms with Gasteiger partial charge in [-0.15, -0.1) is 0 Å². The number of aromatic carboxylic acids is 1. The molecule has 7 heteroatoms. The zero-order valence-corrected chi connectivity index (χ0v) is 12.0. The molecule has 0 saturated heterocycles. The van der Waals surface area contributed by atoms with Crippen molar-refractivity contribution in [3.8, 4) is 0 Å². The molecular formula is C14H18N2O5. The van der Waals surface area contributed by atoms with Crippen LogP contribution < -0.4 is 5.32 Å². The molecule has 0 bridgehead atoms. The van der Waals surface area contributed by atoms with Gasteiger partial charge in [0.2, 0.25) is 5.91 Å². The Morgan fingerprint density at radius 2 is 1.95 bits per heavy atom. The Morgan fingerprint density at radius 3 is 2.57 bits per heavy atom. The summed E-state index contributed by atoms with van der Waals surface area (Å²) in [6, 6.07) is 6.72. The minimum atomic E-state index is -0.975. The second kappa shape index (κ2) is 8.01. The molecule has 0 radical (unpaired) electrons. The number of methoxy groups -OCH3 is 1. The number of alkyl carbamates (subject to hydrolysis) is 1. The van der Waals surface area contributed by atoms with Crippen LogP contribution in [0.2, 0.25) is 0 Å². The first-order chi connectivity index (χ1) is 9.93. The number of nitrogens with zero attached hydrogens (tertiary/aromatic N) is 1. The molecule has 0 aliphatic heterocycles. The molecule has 0 fully saturated rings. The van der Waals surface area contributed by atoms with Gasteiger partial charge in [-0.05, 0) is 25.1 Å². The molecule has 0 heterocycles. The third-order valence-electron chi connectivity index (χ3n) is 2.85. The molecular weight excluding hydrogens is 276 g/mol. The zero-order valence-electron chi connectivity index (χ0n) is 12.0. The summed E-state index contributed by atoms with van der Waals surface area (Å²) in [5.41, 5.74) is 0.954. The van der Waals surface area contributed by atoms with Gasteiger partial charge in [0.15, 0.2) is 0 Å². The number of rotatable bonds is 6. The van der Waals surface area contributed by atoms with E-state index in [1.807, 2.05) is 0 Å². The van der Waals surface area contributed by atoms with Crippen molar-refractivity contribution in [2.24, 2.45) is 0 Å². The highest BCUT2D eigenvalue weighted by molar-refractivity contribution is 5.92. The normalized spacial score (nSPS) is 10.2. The number of nitrogens with one attached hydrogen (secondary N) is 1. The van der Waals surface area contributed by atoms with Crippen LogP contribution in [0.25, 0.3) is 0 Å². The average molecular weight is 294 g/mol. The summed E-state index contributed by atoms with van der Waals surface area (Å²) in [7, 11) is 2.88. The van der Waals surface area contributed by atoms with Crippen molar-refractivity contribution >= 4 is 18.0 Å². The zero-order chi connectivity index (χ0) is 15.8. The van der Waals surface area contributed by atoms with Crippen molar-refractivity contribution in [1.82, 2.24) is 10.2 Å². The number of imide groups is 1. The highest BCUT2D eigenvalue weighted by Crippen LogP contribution is 2.09. The van der Waals surface area contributed by atoms with Crippen molar-refractivity contribution in [3.63, 3.8) is 0 Å². The quantitative estimate of drug-likeness (QED) is 0.803. The minimum Gasteiger partial charge on any atom is -0.478 e. The maximum atomic E-state index is 11.5. The lowest BCUT2D eigenvalue weighted by Crippen LogP contribution is -2.39. The molecule has 7 nitrogen and oxygen atoms in total. The first-order valence-corrected chi connectivity index (χ1v) is 6.31. The van der Waals surface area contributed by atoms with Gasteiger partial charge in [0.1, 0.15) is 0 Å². The van der Waals surface area contributed by atoms with E-state index in [9.17, 15) is 14.4 Å². The van der Waals surface area contributed by atoms with E-state index in [1.165, 1.54) is 7.11 Å². The maximum absolute atomic E-state index is 11.5. The number of hydrogen-bond donors (Lipinski definition) is 2. The van der Waals surface area contributed by atoms with Gasteiger partial charge in [0.05, 0.1) is 19.2 Å². The Balaban J connectivity index is 2.50. The Bertz CT molecular complexity index is 530. The molecule has 2 N–H and O–H groups in total. The Hall–Kier alpha value is -2.41. The predicted molar refractivity (Wildman–Crippen MR) is 75.2 cm³/mol. The fourth-order valence-electron chi connectivity index (χ4n) is 1.79. The third kappa shape index (κ3) is 5.62. The van der Waals surface area contributed by atoms with Crippen LogP contribution in [0.5, 0.6) is 0 Å². The number of carboxylic acid groups (broad SMARTS) is 1. The van der Waals surface area contributed by atoms with Crippen LogP contribution in [-0.4, -0.2) is 55.2 Å². The van der Waals surface area contributed by atoms with E-state index < -0.39 is 18.0 Å². The summed E-state index contributed by atoms with van der Waals surface area (Å²) < 4.78 is 4.32. The first kappa shape index (κ1) is 16.6. The number of hydrogen-bond acceptors (Lipinski definition) is 5. The number of carboxylic acids is 1. The number of likely N-dealkylation sites (N-methyl/N-ethyl adjacent to an activating group) is 1. The molecule has 0 atom stereocenters. The molecule has 0 aromatic heterocycles. The Labute approximate surface area is 122 Å². The van der Waals surface area contributed by atoms with Crippen molar-refractivity contribution in [2.45, 2.75) is 6.42 Å². The van der Waals surface area contributed by atoms with E-state index in [0.29, 0.717) is 18.5 Å².